The van der Waals surface area contributed by atoms with Gasteiger partial charge < -0.3 is 15.0 Å². The van der Waals surface area contributed by atoms with Crippen molar-refractivity contribution in [3.8, 4) is 5.75 Å². The van der Waals surface area contributed by atoms with Gasteiger partial charge in [0.1, 0.15) is 5.75 Å². The minimum Gasteiger partial charge on any atom is -0.484 e. The fourth-order valence-corrected chi connectivity index (χ4v) is 1.43. The maximum absolute atomic E-state index is 5.50. The maximum atomic E-state index is 5.50. The Balaban J connectivity index is 1.89. The third-order valence-corrected chi connectivity index (χ3v) is 2.38. The molecule has 2 aromatic heterocycles. The van der Waals surface area contributed by atoms with Crippen molar-refractivity contribution in [2.24, 2.45) is 5.73 Å². The molecule has 2 aromatic rings. The quantitative estimate of drug-likeness (QED) is 0.823. The van der Waals surface area contributed by atoms with Crippen molar-refractivity contribution in [1.82, 2.24) is 15.1 Å². The van der Waals surface area contributed by atoms with Gasteiger partial charge >= 0.3 is 0 Å². The van der Waals surface area contributed by atoms with Gasteiger partial charge in [-0.15, -0.1) is 0 Å². The number of pyridine rings is 1. The summed E-state index contributed by atoms with van der Waals surface area (Å²) in [6, 6.07) is 3.76. The third-order valence-electron chi connectivity index (χ3n) is 2.38. The molecule has 0 atom stereocenters. The predicted molar refractivity (Wildman–Crippen MR) is 65.0 cm³/mol. The number of nitrogens with two attached hydrogens (primary N) is 1. The zero-order valence-electron chi connectivity index (χ0n) is 10.3. The molecule has 0 fully saturated rings. The summed E-state index contributed by atoms with van der Waals surface area (Å²) in [5.41, 5.74) is 6.41. The molecule has 0 radical (unpaired) electrons. The second-order valence-corrected chi connectivity index (χ2v) is 3.77. The summed E-state index contributed by atoms with van der Waals surface area (Å²) in [5.74, 6) is 1.83. The van der Waals surface area contributed by atoms with Gasteiger partial charge in [0.2, 0.25) is 11.7 Å². The van der Waals surface area contributed by atoms with Gasteiger partial charge in [-0.2, -0.15) is 4.98 Å². The Hall–Kier alpha value is -1.95. The van der Waals surface area contributed by atoms with Crippen LogP contribution in [-0.2, 0) is 19.4 Å². The summed E-state index contributed by atoms with van der Waals surface area (Å²) in [6.45, 7) is 2.83. The average Bonchev–Trinajstić information content (AvgIpc) is 2.86. The molecule has 18 heavy (non-hydrogen) atoms. The summed E-state index contributed by atoms with van der Waals surface area (Å²) in [5, 5.41) is 3.80. The monoisotopic (exact) mass is 248 g/mol. The molecule has 0 aliphatic heterocycles. The lowest BCUT2D eigenvalue weighted by atomic mass is 10.3. The van der Waals surface area contributed by atoms with E-state index in [1.165, 1.54) is 0 Å². The number of rotatable bonds is 6. The zero-order chi connectivity index (χ0) is 12.8. The van der Waals surface area contributed by atoms with Gasteiger partial charge in [0.25, 0.3) is 0 Å². The van der Waals surface area contributed by atoms with E-state index in [4.69, 9.17) is 15.0 Å². The van der Waals surface area contributed by atoms with Crippen molar-refractivity contribution < 1.29 is 9.26 Å². The lowest BCUT2D eigenvalue weighted by Gasteiger charge is -2.03. The Morgan fingerprint density at radius 3 is 2.89 bits per heavy atom. The van der Waals surface area contributed by atoms with E-state index < -0.39 is 0 Å². The van der Waals surface area contributed by atoms with Crippen molar-refractivity contribution in [2.45, 2.75) is 26.4 Å². The SMILES string of the molecule is CCc1nc(COc2ccc(CCN)nc2)no1. The van der Waals surface area contributed by atoms with Gasteiger partial charge in [-0.25, -0.2) is 0 Å². The summed E-state index contributed by atoms with van der Waals surface area (Å²) in [6.07, 6.45) is 3.17. The second kappa shape index (κ2) is 6.11. The molecule has 6 nitrogen and oxygen atoms in total. The Labute approximate surface area is 105 Å². The summed E-state index contributed by atoms with van der Waals surface area (Å²) in [7, 11) is 0. The number of aryl methyl sites for hydroxylation is 1. The van der Waals surface area contributed by atoms with Crippen molar-refractivity contribution in [3.05, 3.63) is 35.7 Å². The highest BCUT2D eigenvalue weighted by molar-refractivity contribution is 5.20. The van der Waals surface area contributed by atoms with Gasteiger partial charge in [0, 0.05) is 18.5 Å². The third kappa shape index (κ3) is 3.27. The molecule has 2 rings (SSSR count). The van der Waals surface area contributed by atoms with Crippen LogP contribution in [0.4, 0.5) is 0 Å². The minimum absolute atomic E-state index is 0.279. The highest BCUT2D eigenvalue weighted by Crippen LogP contribution is 2.11. The molecule has 0 aromatic carbocycles. The molecule has 96 valence electrons. The molecule has 0 saturated heterocycles. The van der Waals surface area contributed by atoms with E-state index in [1.54, 1.807) is 6.20 Å². The number of hydrogen-bond acceptors (Lipinski definition) is 6. The van der Waals surface area contributed by atoms with Crippen molar-refractivity contribution in [2.75, 3.05) is 6.54 Å². The molecule has 0 bridgehead atoms. The van der Waals surface area contributed by atoms with E-state index in [1.807, 2.05) is 19.1 Å². The van der Waals surface area contributed by atoms with E-state index >= 15 is 0 Å². The minimum atomic E-state index is 0.279. The van der Waals surface area contributed by atoms with Crippen LogP contribution in [0.25, 0.3) is 0 Å². The van der Waals surface area contributed by atoms with Gasteiger partial charge in [0.05, 0.1) is 6.20 Å². The van der Waals surface area contributed by atoms with Crippen LogP contribution in [0.2, 0.25) is 0 Å². The van der Waals surface area contributed by atoms with Crippen LogP contribution in [0.3, 0.4) is 0 Å². The molecule has 2 heterocycles. The fourth-order valence-electron chi connectivity index (χ4n) is 1.43. The first kappa shape index (κ1) is 12.5. The lowest BCUT2D eigenvalue weighted by molar-refractivity contribution is 0.284. The molecule has 0 aliphatic rings. The normalized spacial score (nSPS) is 10.6. The maximum Gasteiger partial charge on any atom is 0.226 e. The van der Waals surface area contributed by atoms with Gasteiger partial charge in [-0.3, -0.25) is 4.98 Å². The highest BCUT2D eigenvalue weighted by atomic mass is 16.5. The Morgan fingerprint density at radius 2 is 2.28 bits per heavy atom. The first-order valence-corrected chi connectivity index (χ1v) is 5.91. The van der Waals surface area contributed by atoms with E-state index in [-0.39, 0.29) is 6.61 Å². The van der Waals surface area contributed by atoms with E-state index in [0.717, 1.165) is 18.5 Å². The first-order chi connectivity index (χ1) is 8.81. The van der Waals surface area contributed by atoms with Crippen LogP contribution in [-0.4, -0.2) is 21.7 Å². The Morgan fingerprint density at radius 1 is 1.39 bits per heavy atom. The predicted octanol–water partition coefficient (Wildman–Crippen LogP) is 1.11. The number of hydrogen-bond donors (Lipinski definition) is 1. The Bertz CT molecular complexity index is 481. The van der Waals surface area contributed by atoms with Gasteiger partial charge in [-0.05, 0) is 18.7 Å². The molecule has 0 spiro atoms. The molecular weight excluding hydrogens is 232 g/mol. The van der Waals surface area contributed by atoms with E-state index in [0.29, 0.717) is 24.0 Å². The molecule has 0 saturated carbocycles. The van der Waals surface area contributed by atoms with Crippen molar-refractivity contribution in [3.63, 3.8) is 0 Å². The number of nitrogens with zero attached hydrogens (tertiary/aromatic N) is 3. The largest absolute Gasteiger partial charge is 0.484 e. The van der Waals surface area contributed by atoms with Crippen LogP contribution >= 0.6 is 0 Å². The first-order valence-electron chi connectivity index (χ1n) is 5.91. The average molecular weight is 248 g/mol. The molecule has 2 N–H and O–H groups in total. The van der Waals surface area contributed by atoms with E-state index in [9.17, 15) is 0 Å². The topological polar surface area (TPSA) is 87.1 Å². The van der Waals surface area contributed by atoms with Crippen LogP contribution < -0.4 is 10.5 Å². The smallest absolute Gasteiger partial charge is 0.226 e. The number of ether oxygens (including phenoxy) is 1. The van der Waals surface area contributed by atoms with Gasteiger partial charge in [-0.1, -0.05) is 12.1 Å². The Kier molecular flexibility index (Phi) is 4.25. The molecule has 0 aliphatic carbocycles. The second-order valence-electron chi connectivity index (χ2n) is 3.77. The number of aromatic nitrogens is 3. The van der Waals surface area contributed by atoms with Crippen LogP contribution in [0, 0.1) is 0 Å². The lowest BCUT2D eigenvalue weighted by Crippen LogP contribution is -2.04. The fraction of sp³-hybridized carbons (Fsp3) is 0.417. The van der Waals surface area contributed by atoms with Crippen molar-refractivity contribution in [1.29, 1.82) is 0 Å². The van der Waals surface area contributed by atoms with Gasteiger partial charge in [0.15, 0.2) is 6.61 Å². The molecule has 0 unspecified atom stereocenters. The molecule has 0 amide bonds. The zero-order valence-corrected chi connectivity index (χ0v) is 10.3. The molecule has 6 heteroatoms. The summed E-state index contributed by atoms with van der Waals surface area (Å²) in [4.78, 5) is 8.38. The van der Waals surface area contributed by atoms with Crippen LogP contribution in [0.15, 0.2) is 22.9 Å². The highest BCUT2D eigenvalue weighted by Gasteiger charge is 2.05. The summed E-state index contributed by atoms with van der Waals surface area (Å²) >= 11 is 0. The molecular formula is C12H16N4O2. The standard InChI is InChI=1S/C12H16N4O2/c1-2-12-15-11(16-18-12)8-17-10-4-3-9(5-6-13)14-7-10/h3-4,7H,2,5-6,8,13H2,1H3. The summed E-state index contributed by atoms with van der Waals surface area (Å²) < 4.78 is 10.5. The van der Waals surface area contributed by atoms with E-state index in [2.05, 4.69) is 15.1 Å². The van der Waals surface area contributed by atoms with Crippen LogP contribution in [0.1, 0.15) is 24.3 Å². The van der Waals surface area contributed by atoms with Crippen LogP contribution in [0.5, 0.6) is 5.75 Å². The van der Waals surface area contributed by atoms with Crippen molar-refractivity contribution >= 4 is 0 Å².